The molecule has 0 atom stereocenters. The van der Waals surface area contributed by atoms with Crippen LogP contribution in [0.1, 0.15) is 42.5 Å². The molecular formula is C14H20N2O2. The average Bonchev–Trinajstić information content (AvgIpc) is 2.39. The van der Waals surface area contributed by atoms with Gasteiger partial charge in [0, 0.05) is 18.8 Å². The summed E-state index contributed by atoms with van der Waals surface area (Å²) in [6, 6.07) is 5.17. The summed E-state index contributed by atoms with van der Waals surface area (Å²) in [6.07, 6.45) is 6.00. The van der Waals surface area contributed by atoms with Gasteiger partial charge in [-0.2, -0.15) is 0 Å². The number of hydrogen-bond acceptors (Lipinski definition) is 3. The molecule has 0 radical (unpaired) electrons. The van der Waals surface area contributed by atoms with Gasteiger partial charge in [-0.1, -0.05) is 6.42 Å². The number of carbonyl (C=O) groups is 1. The van der Waals surface area contributed by atoms with Crippen molar-refractivity contribution >= 4 is 11.6 Å². The lowest BCUT2D eigenvalue weighted by atomic mass is 9.97. The van der Waals surface area contributed by atoms with Crippen LogP contribution < -0.4 is 15.8 Å². The number of nitrogen functional groups attached to an aromatic ring is 1. The normalized spacial score (nSPS) is 16.3. The molecular weight excluding hydrogens is 228 g/mol. The van der Waals surface area contributed by atoms with Crippen LogP contribution in [-0.4, -0.2) is 19.1 Å². The average molecular weight is 248 g/mol. The summed E-state index contributed by atoms with van der Waals surface area (Å²) in [5.74, 6) is 0.460. The minimum atomic E-state index is -0.138. The monoisotopic (exact) mass is 248 g/mol. The van der Waals surface area contributed by atoms with Crippen molar-refractivity contribution in [2.45, 2.75) is 38.2 Å². The molecule has 0 spiro atoms. The van der Waals surface area contributed by atoms with Crippen molar-refractivity contribution in [3.05, 3.63) is 23.8 Å². The van der Waals surface area contributed by atoms with Gasteiger partial charge in [0.25, 0.3) is 5.91 Å². The fourth-order valence-corrected chi connectivity index (χ4v) is 2.32. The molecule has 0 unspecified atom stereocenters. The second-order valence-electron chi connectivity index (χ2n) is 4.71. The number of amides is 1. The second kappa shape index (κ2) is 5.76. The molecule has 98 valence electrons. The summed E-state index contributed by atoms with van der Waals surface area (Å²) < 4.78 is 5.95. The van der Waals surface area contributed by atoms with Crippen molar-refractivity contribution < 1.29 is 9.53 Å². The molecule has 0 aromatic heterocycles. The van der Waals surface area contributed by atoms with E-state index in [1.807, 2.05) is 0 Å². The minimum absolute atomic E-state index is 0.138. The summed E-state index contributed by atoms with van der Waals surface area (Å²) in [4.78, 5) is 11.8. The zero-order valence-corrected chi connectivity index (χ0v) is 10.7. The quantitative estimate of drug-likeness (QED) is 0.807. The van der Waals surface area contributed by atoms with Gasteiger partial charge in [0.1, 0.15) is 5.75 Å². The Kier molecular flexibility index (Phi) is 4.07. The number of nitrogens with one attached hydrogen (secondary N) is 1. The molecule has 18 heavy (non-hydrogen) atoms. The molecule has 1 aliphatic rings. The number of anilines is 1. The second-order valence-corrected chi connectivity index (χ2v) is 4.71. The van der Waals surface area contributed by atoms with Crippen molar-refractivity contribution in [3.63, 3.8) is 0 Å². The zero-order chi connectivity index (χ0) is 13.0. The predicted molar refractivity (Wildman–Crippen MR) is 71.7 cm³/mol. The van der Waals surface area contributed by atoms with E-state index in [1.165, 1.54) is 19.3 Å². The predicted octanol–water partition coefficient (Wildman–Crippen LogP) is 2.34. The Hall–Kier alpha value is -1.71. The number of nitrogens with two attached hydrogens (primary N) is 1. The van der Waals surface area contributed by atoms with Gasteiger partial charge in [-0.15, -0.1) is 0 Å². The van der Waals surface area contributed by atoms with Gasteiger partial charge >= 0.3 is 0 Å². The highest BCUT2D eigenvalue weighted by atomic mass is 16.5. The Labute approximate surface area is 108 Å². The van der Waals surface area contributed by atoms with Crippen LogP contribution in [0, 0.1) is 0 Å². The highest BCUT2D eigenvalue weighted by Gasteiger charge is 2.18. The highest BCUT2D eigenvalue weighted by molar-refractivity contribution is 5.97. The van der Waals surface area contributed by atoms with E-state index in [9.17, 15) is 4.79 Å². The van der Waals surface area contributed by atoms with E-state index in [0.29, 0.717) is 17.0 Å². The summed E-state index contributed by atoms with van der Waals surface area (Å²) in [7, 11) is 1.61. The molecule has 1 amide bonds. The minimum Gasteiger partial charge on any atom is -0.490 e. The summed E-state index contributed by atoms with van der Waals surface area (Å²) >= 11 is 0. The van der Waals surface area contributed by atoms with E-state index in [0.717, 1.165) is 12.8 Å². The molecule has 1 aliphatic carbocycles. The van der Waals surface area contributed by atoms with Crippen LogP contribution in [-0.2, 0) is 0 Å². The van der Waals surface area contributed by atoms with Crippen LogP contribution in [0.4, 0.5) is 5.69 Å². The molecule has 1 saturated carbocycles. The van der Waals surface area contributed by atoms with Gasteiger partial charge in [-0.25, -0.2) is 0 Å². The van der Waals surface area contributed by atoms with E-state index in [2.05, 4.69) is 5.32 Å². The largest absolute Gasteiger partial charge is 0.490 e. The van der Waals surface area contributed by atoms with E-state index in [-0.39, 0.29) is 12.0 Å². The van der Waals surface area contributed by atoms with Gasteiger partial charge in [-0.3, -0.25) is 4.79 Å². The van der Waals surface area contributed by atoms with E-state index >= 15 is 0 Å². The smallest absolute Gasteiger partial charge is 0.254 e. The molecule has 0 saturated heterocycles. The molecule has 0 aliphatic heterocycles. The fraction of sp³-hybridized carbons (Fsp3) is 0.500. The van der Waals surface area contributed by atoms with Crippen molar-refractivity contribution in [2.24, 2.45) is 0 Å². The summed E-state index contributed by atoms with van der Waals surface area (Å²) in [6.45, 7) is 0. The van der Waals surface area contributed by atoms with Crippen LogP contribution in [0.3, 0.4) is 0 Å². The Morgan fingerprint density at radius 1 is 1.33 bits per heavy atom. The van der Waals surface area contributed by atoms with Crippen molar-refractivity contribution in [2.75, 3.05) is 12.8 Å². The van der Waals surface area contributed by atoms with Crippen LogP contribution >= 0.6 is 0 Å². The summed E-state index contributed by atoms with van der Waals surface area (Å²) in [5, 5.41) is 2.62. The first-order chi connectivity index (χ1) is 8.70. The maximum Gasteiger partial charge on any atom is 0.254 e. The number of hydrogen-bond donors (Lipinski definition) is 2. The summed E-state index contributed by atoms with van der Waals surface area (Å²) in [5.41, 5.74) is 6.93. The van der Waals surface area contributed by atoms with Crippen molar-refractivity contribution in [1.82, 2.24) is 5.32 Å². The lowest BCUT2D eigenvalue weighted by molar-refractivity contribution is 0.0951. The molecule has 1 fully saturated rings. The standard InChI is InChI=1S/C14H20N2O2/c1-16-14(17)12-8-7-10(15)9-13(12)18-11-5-3-2-4-6-11/h7-9,11H,2-6,15H2,1H3,(H,16,17). The first kappa shape index (κ1) is 12.7. The fourth-order valence-electron chi connectivity index (χ4n) is 2.32. The van der Waals surface area contributed by atoms with E-state index < -0.39 is 0 Å². The van der Waals surface area contributed by atoms with Gasteiger partial charge in [0.2, 0.25) is 0 Å². The van der Waals surface area contributed by atoms with Crippen LogP contribution in [0.2, 0.25) is 0 Å². The number of ether oxygens (including phenoxy) is 1. The third kappa shape index (κ3) is 2.94. The molecule has 4 heteroatoms. The number of benzene rings is 1. The maximum atomic E-state index is 11.8. The lowest BCUT2D eigenvalue weighted by Gasteiger charge is -2.24. The topological polar surface area (TPSA) is 64.4 Å². The highest BCUT2D eigenvalue weighted by Crippen LogP contribution is 2.27. The Morgan fingerprint density at radius 2 is 2.06 bits per heavy atom. The first-order valence-corrected chi connectivity index (χ1v) is 6.49. The van der Waals surface area contributed by atoms with Crippen molar-refractivity contribution in [1.29, 1.82) is 0 Å². The van der Waals surface area contributed by atoms with Crippen LogP contribution in [0.15, 0.2) is 18.2 Å². The van der Waals surface area contributed by atoms with Crippen LogP contribution in [0.5, 0.6) is 5.75 Å². The van der Waals surface area contributed by atoms with Crippen molar-refractivity contribution in [3.8, 4) is 5.75 Å². The molecule has 0 heterocycles. The molecule has 3 N–H and O–H groups in total. The Morgan fingerprint density at radius 3 is 2.72 bits per heavy atom. The molecule has 0 bridgehead atoms. The van der Waals surface area contributed by atoms with E-state index in [1.54, 1.807) is 25.2 Å². The number of rotatable bonds is 3. The van der Waals surface area contributed by atoms with Gasteiger partial charge in [0.15, 0.2) is 0 Å². The molecule has 1 aromatic rings. The molecule has 2 rings (SSSR count). The lowest BCUT2D eigenvalue weighted by Crippen LogP contribution is -2.23. The maximum absolute atomic E-state index is 11.8. The first-order valence-electron chi connectivity index (χ1n) is 6.49. The van der Waals surface area contributed by atoms with Crippen LogP contribution in [0.25, 0.3) is 0 Å². The third-order valence-electron chi connectivity index (χ3n) is 3.32. The molecule has 4 nitrogen and oxygen atoms in total. The van der Waals surface area contributed by atoms with E-state index in [4.69, 9.17) is 10.5 Å². The Balaban J connectivity index is 2.18. The molecule has 1 aromatic carbocycles. The number of carbonyl (C=O) groups excluding carboxylic acids is 1. The zero-order valence-electron chi connectivity index (χ0n) is 10.7. The van der Waals surface area contributed by atoms with Gasteiger partial charge in [-0.05, 0) is 37.8 Å². The van der Waals surface area contributed by atoms with Gasteiger partial charge in [0.05, 0.1) is 11.7 Å². The Bertz CT molecular complexity index is 426. The third-order valence-corrected chi connectivity index (χ3v) is 3.32. The SMILES string of the molecule is CNC(=O)c1ccc(N)cc1OC1CCCCC1. The van der Waals surface area contributed by atoms with Gasteiger partial charge < -0.3 is 15.8 Å².